The Hall–Kier alpha value is -0.180. The lowest BCUT2D eigenvalue weighted by molar-refractivity contribution is 0.0361. The van der Waals surface area contributed by atoms with E-state index in [1.165, 1.54) is 7.11 Å². The summed E-state index contributed by atoms with van der Waals surface area (Å²) >= 11 is 0. The summed E-state index contributed by atoms with van der Waals surface area (Å²) in [5.74, 6) is 0. The van der Waals surface area contributed by atoms with Gasteiger partial charge in [0.2, 0.25) is 6.43 Å². The maximum atomic E-state index is 11.8. The molecule has 0 aliphatic rings. The van der Waals surface area contributed by atoms with Crippen LogP contribution in [0.5, 0.6) is 0 Å². The second-order valence-corrected chi connectivity index (χ2v) is 3.19. The van der Waals surface area contributed by atoms with Crippen LogP contribution < -0.4 is 0 Å². The molecule has 0 N–H and O–H groups in total. The van der Waals surface area contributed by atoms with Crippen LogP contribution in [-0.2, 0) is 4.74 Å². The van der Waals surface area contributed by atoms with Crippen molar-refractivity contribution in [2.24, 2.45) is 5.41 Å². The molecule has 1 nitrogen and oxygen atoms in total. The lowest BCUT2D eigenvalue weighted by Gasteiger charge is -2.22. The smallest absolute Gasteiger partial charge is 0.239 e. The van der Waals surface area contributed by atoms with E-state index in [4.69, 9.17) is 4.74 Å². The van der Waals surface area contributed by atoms with Crippen molar-refractivity contribution in [2.45, 2.75) is 26.7 Å². The van der Waals surface area contributed by atoms with Gasteiger partial charge in [-0.05, 0) is 5.41 Å². The van der Waals surface area contributed by atoms with E-state index in [9.17, 15) is 8.78 Å². The molecule has 0 rings (SSSR count). The monoisotopic (exact) mass is 152 g/mol. The van der Waals surface area contributed by atoms with Gasteiger partial charge in [-0.1, -0.05) is 13.8 Å². The van der Waals surface area contributed by atoms with E-state index < -0.39 is 11.8 Å². The highest BCUT2D eigenvalue weighted by molar-refractivity contribution is 4.68. The molecule has 0 fully saturated rings. The number of rotatable bonds is 4. The normalized spacial score (nSPS) is 12.6. The standard InChI is InChI=1S/C7H14F2O/c1-7(2,5-10-3)4-6(8)9/h6H,4-5H2,1-3H3. The molecule has 3 heteroatoms. The molecule has 0 aliphatic carbocycles. The van der Waals surface area contributed by atoms with E-state index >= 15 is 0 Å². The van der Waals surface area contributed by atoms with Gasteiger partial charge in [-0.15, -0.1) is 0 Å². The van der Waals surface area contributed by atoms with E-state index in [0.29, 0.717) is 6.61 Å². The van der Waals surface area contributed by atoms with Crippen LogP contribution in [0.4, 0.5) is 8.78 Å². The van der Waals surface area contributed by atoms with E-state index in [1.54, 1.807) is 13.8 Å². The molecule has 10 heavy (non-hydrogen) atoms. The molecule has 0 saturated heterocycles. The molecule has 0 atom stereocenters. The third-order valence-corrected chi connectivity index (χ3v) is 1.24. The van der Waals surface area contributed by atoms with Crippen molar-refractivity contribution in [3.8, 4) is 0 Å². The molecule has 0 saturated carbocycles. The molecule has 0 aromatic rings. The van der Waals surface area contributed by atoms with Gasteiger partial charge in [-0.2, -0.15) is 0 Å². The average molecular weight is 152 g/mol. The van der Waals surface area contributed by atoms with Crippen LogP contribution in [0.3, 0.4) is 0 Å². The summed E-state index contributed by atoms with van der Waals surface area (Å²) in [7, 11) is 1.52. The lowest BCUT2D eigenvalue weighted by atomic mass is 9.91. The zero-order valence-corrected chi connectivity index (χ0v) is 6.66. The highest BCUT2D eigenvalue weighted by Crippen LogP contribution is 2.24. The zero-order valence-electron chi connectivity index (χ0n) is 6.66. The van der Waals surface area contributed by atoms with Crippen molar-refractivity contribution in [1.82, 2.24) is 0 Å². The first-order valence-corrected chi connectivity index (χ1v) is 3.25. The van der Waals surface area contributed by atoms with Crippen molar-refractivity contribution in [3.05, 3.63) is 0 Å². The minimum atomic E-state index is -2.23. The number of alkyl halides is 2. The molecule has 0 aromatic heterocycles. The summed E-state index contributed by atoms with van der Waals surface area (Å²) in [6.45, 7) is 3.92. The van der Waals surface area contributed by atoms with Crippen LogP contribution in [0.1, 0.15) is 20.3 Å². The highest BCUT2D eigenvalue weighted by Gasteiger charge is 2.22. The number of halogens is 2. The molecule has 0 aromatic carbocycles. The van der Waals surface area contributed by atoms with Crippen molar-refractivity contribution in [3.63, 3.8) is 0 Å². The van der Waals surface area contributed by atoms with Crippen molar-refractivity contribution in [2.75, 3.05) is 13.7 Å². The minimum absolute atomic E-state index is 0.0964. The van der Waals surface area contributed by atoms with Gasteiger partial charge in [0.25, 0.3) is 0 Å². The quantitative estimate of drug-likeness (QED) is 0.600. The molecule has 0 amide bonds. The molecule has 0 unspecified atom stereocenters. The maximum absolute atomic E-state index is 11.8. The fourth-order valence-electron chi connectivity index (χ4n) is 0.867. The van der Waals surface area contributed by atoms with Gasteiger partial charge in [-0.3, -0.25) is 0 Å². The second kappa shape index (κ2) is 3.86. The van der Waals surface area contributed by atoms with Crippen LogP contribution in [0.2, 0.25) is 0 Å². The summed E-state index contributed by atoms with van der Waals surface area (Å²) in [5.41, 5.74) is -0.400. The van der Waals surface area contributed by atoms with E-state index in [0.717, 1.165) is 0 Å². The SMILES string of the molecule is COCC(C)(C)CC(F)F. The van der Waals surface area contributed by atoms with Crippen molar-refractivity contribution >= 4 is 0 Å². The van der Waals surface area contributed by atoms with Crippen LogP contribution in [-0.4, -0.2) is 20.1 Å². The summed E-state index contributed by atoms with van der Waals surface area (Å²) < 4.78 is 28.4. The van der Waals surface area contributed by atoms with Crippen LogP contribution in [0.15, 0.2) is 0 Å². The van der Waals surface area contributed by atoms with Crippen LogP contribution >= 0.6 is 0 Å². The summed E-state index contributed by atoms with van der Waals surface area (Å²) in [4.78, 5) is 0. The van der Waals surface area contributed by atoms with Crippen molar-refractivity contribution in [1.29, 1.82) is 0 Å². The van der Waals surface area contributed by atoms with Gasteiger partial charge >= 0.3 is 0 Å². The Balaban J connectivity index is 3.63. The van der Waals surface area contributed by atoms with E-state index in [-0.39, 0.29) is 6.42 Å². The summed E-state index contributed by atoms with van der Waals surface area (Å²) in [6, 6.07) is 0. The van der Waals surface area contributed by atoms with Crippen LogP contribution in [0.25, 0.3) is 0 Å². The summed E-state index contributed by atoms with van der Waals surface area (Å²) in [5, 5.41) is 0. The molecule has 0 radical (unpaired) electrons. The van der Waals surface area contributed by atoms with Gasteiger partial charge in [0.1, 0.15) is 0 Å². The fourth-order valence-corrected chi connectivity index (χ4v) is 0.867. The highest BCUT2D eigenvalue weighted by atomic mass is 19.3. The van der Waals surface area contributed by atoms with Crippen molar-refractivity contribution < 1.29 is 13.5 Å². The topological polar surface area (TPSA) is 9.23 Å². The fraction of sp³-hybridized carbons (Fsp3) is 1.00. The van der Waals surface area contributed by atoms with E-state index in [1.807, 2.05) is 0 Å². The Kier molecular flexibility index (Phi) is 3.79. The molecule has 0 bridgehead atoms. The van der Waals surface area contributed by atoms with Gasteiger partial charge in [0, 0.05) is 13.5 Å². The number of hydrogen-bond donors (Lipinski definition) is 0. The lowest BCUT2D eigenvalue weighted by Crippen LogP contribution is -2.21. The Bertz CT molecular complexity index is 91.6. The largest absolute Gasteiger partial charge is 0.384 e. The first kappa shape index (κ1) is 9.82. The Labute approximate surface area is 60.4 Å². The predicted molar refractivity (Wildman–Crippen MR) is 36.3 cm³/mol. The molecular weight excluding hydrogens is 138 g/mol. The second-order valence-electron chi connectivity index (χ2n) is 3.19. The molecule has 0 heterocycles. The Morgan fingerprint density at radius 3 is 2.20 bits per heavy atom. The van der Waals surface area contributed by atoms with Crippen LogP contribution in [0, 0.1) is 5.41 Å². The maximum Gasteiger partial charge on any atom is 0.239 e. The third kappa shape index (κ3) is 4.68. The zero-order chi connectivity index (χ0) is 8.20. The average Bonchev–Trinajstić information content (AvgIpc) is 1.59. The number of methoxy groups -OCH3 is 1. The third-order valence-electron chi connectivity index (χ3n) is 1.24. The van der Waals surface area contributed by atoms with Gasteiger partial charge in [0.15, 0.2) is 0 Å². The molecule has 0 spiro atoms. The van der Waals surface area contributed by atoms with Gasteiger partial charge in [-0.25, -0.2) is 8.78 Å². The first-order valence-electron chi connectivity index (χ1n) is 3.25. The number of ether oxygens (including phenoxy) is 1. The minimum Gasteiger partial charge on any atom is -0.384 e. The molecule has 0 aliphatic heterocycles. The molecule has 62 valence electrons. The number of hydrogen-bond acceptors (Lipinski definition) is 1. The van der Waals surface area contributed by atoms with Gasteiger partial charge in [0.05, 0.1) is 6.61 Å². The first-order chi connectivity index (χ1) is 4.48. The molecular formula is C7H14F2O. The Morgan fingerprint density at radius 2 is 1.90 bits per heavy atom. The Morgan fingerprint density at radius 1 is 1.40 bits per heavy atom. The predicted octanol–water partition coefficient (Wildman–Crippen LogP) is 2.31. The summed E-state index contributed by atoms with van der Waals surface area (Å²) in [6.07, 6.45) is -2.33. The van der Waals surface area contributed by atoms with E-state index in [2.05, 4.69) is 0 Å². The van der Waals surface area contributed by atoms with Gasteiger partial charge < -0.3 is 4.74 Å².